The first-order valence-corrected chi connectivity index (χ1v) is 12.9. The lowest BCUT2D eigenvalue weighted by molar-refractivity contribution is -0.132. The van der Waals surface area contributed by atoms with E-state index in [9.17, 15) is 9.59 Å². The van der Waals surface area contributed by atoms with Crippen LogP contribution in [0.5, 0.6) is 5.75 Å². The van der Waals surface area contributed by atoms with Crippen molar-refractivity contribution < 1.29 is 14.3 Å². The van der Waals surface area contributed by atoms with E-state index in [0.29, 0.717) is 19.4 Å². The van der Waals surface area contributed by atoms with Crippen molar-refractivity contribution in [1.29, 1.82) is 0 Å². The molecule has 9 heteroatoms. The Bertz CT molecular complexity index is 973. The van der Waals surface area contributed by atoms with Crippen LogP contribution in [0.3, 0.4) is 0 Å². The number of carbonyl (C=O) groups excluding carboxylic acids is 2. The fourth-order valence-electron chi connectivity index (χ4n) is 4.57. The number of nitrogens with zero attached hydrogens (tertiary/aromatic N) is 4. The molecule has 1 unspecified atom stereocenters. The van der Waals surface area contributed by atoms with Crippen LogP contribution in [0.2, 0.25) is 0 Å². The Hall–Kier alpha value is -2.49. The SMILES string of the molecule is Cc1nc(CC(=O)N2CCN(CCOc3cccc(CN(C)CC4CCC(=O)N4)c3)CC2)cs1. The summed E-state index contributed by atoms with van der Waals surface area (Å²) in [7, 11) is 2.08. The Morgan fingerprint density at radius 2 is 2.12 bits per heavy atom. The predicted molar refractivity (Wildman–Crippen MR) is 133 cm³/mol. The van der Waals surface area contributed by atoms with Gasteiger partial charge in [0.15, 0.2) is 0 Å². The van der Waals surface area contributed by atoms with Gasteiger partial charge in [-0.1, -0.05) is 12.1 Å². The second-order valence-electron chi connectivity index (χ2n) is 9.25. The molecule has 1 aromatic carbocycles. The van der Waals surface area contributed by atoms with Crippen molar-refractivity contribution in [1.82, 2.24) is 25.0 Å². The second-order valence-corrected chi connectivity index (χ2v) is 10.3. The molecular weight excluding hydrogens is 450 g/mol. The summed E-state index contributed by atoms with van der Waals surface area (Å²) in [6.45, 7) is 8.36. The van der Waals surface area contributed by atoms with Crippen molar-refractivity contribution in [2.75, 3.05) is 52.9 Å². The molecule has 0 radical (unpaired) electrons. The van der Waals surface area contributed by atoms with E-state index in [1.807, 2.05) is 29.3 Å². The zero-order chi connectivity index (χ0) is 23.9. The largest absolute Gasteiger partial charge is 0.492 e. The average Bonchev–Trinajstić information content (AvgIpc) is 3.41. The summed E-state index contributed by atoms with van der Waals surface area (Å²) in [5, 5.41) is 6.01. The van der Waals surface area contributed by atoms with Gasteiger partial charge in [-0.2, -0.15) is 0 Å². The number of ether oxygens (including phenoxy) is 1. The molecule has 2 aliphatic heterocycles. The lowest BCUT2D eigenvalue weighted by Crippen LogP contribution is -2.50. The minimum absolute atomic E-state index is 0.160. The Morgan fingerprint density at radius 1 is 1.29 bits per heavy atom. The standard InChI is InChI=1S/C25H35N5O3S/c1-19-26-22(18-34-19)15-25(32)30-10-8-29(9-11-30)12-13-33-23-5-3-4-20(14-23)16-28(2)17-21-6-7-24(31)27-21/h3-5,14,18,21H,6-13,15-17H2,1-2H3,(H,27,31). The van der Waals surface area contributed by atoms with Gasteiger partial charge >= 0.3 is 0 Å². The van der Waals surface area contributed by atoms with Crippen molar-refractivity contribution in [2.24, 2.45) is 0 Å². The molecule has 0 aliphatic carbocycles. The normalized spacial score (nSPS) is 19.0. The zero-order valence-corrected chi connectivity index (χ0v) is 21.0. The van der Waals surface area contributed by atoms with Crippen molar-refractivity contribution in [3.8, 4) is 5.75 Å². The fraction of sp³-hybridized carbons (Fsp3) is 0.560. The number of amides is 2. The predicted octanol–water partition coefficient (Wildman–Crippen LogP) is 1.93. The van der Waals surface area contributed by atoms with E-state index in [-0.39, 0.29) is 17.9 Å². The number of piperazine rings is 1. The van der Waals surface area contributed by atoms with Gasteiger partial charge in [0, 0.05) is 63.7 Å². The quantitative estimate of drug-likeness (QED) is 0.554. The molecule has 4 rings (SSSR count). The van der Waals surface area contributed by atoms with Gasteiger partial charge in [-0.3, -0.25) is 14.5 Å². The van der Waals surface area contributed by atoms with Crippen LogP contribution in [0.15, 0.2) is 29.6 Å². The lowest BCUT2D eigenvalue weighted by atomic mass is 10.1. The molecule has 0 bridgehead atoms. The molecule has 2 amide bonds. The van der Waals surface area contributed by atoms with E-state index in [4.69, 9.17) is 4.74 Å². The molecule has 0 saturated carbocycles. The summed E-state index contributed by atoms with van der Waals surface area (Å²) >= 11 is 1.59. The molecule has 2 aromatic rings. The first kappa shape index (κ1) is 24.6. The van der Waals surface area contributed by atoms with Gasteiger partial charge in [-0.25, -0.2) is 4.98 Å². The van der Waals surface area contributed by atoms with Gasteiger partial charge in [-0.15, -0.1) is 11.3 Å². The minimum Gasteiger partial charge on any atom is -0.492 e. The van der Waals surface area contributed by atoms with Crippen molar-refractivity contribution in [3.63, 3.8) is 0 Å². The smallest absolute Gasteiger partial charge is 0.228 e. The van der Waals surface area contributed by atoms with Crippen LogP contribution in [0.1, 0.15) is 29.1 Å². The van der Waals surface area contributed by atoms with Crippen LogP contribution in [0, 0.1) is 6.92 Å². The van der Waals surface area contributed by atoms with E-state index < -0.39 is 0 Å². The van der Waals surface area contributed by atoms with Gasteiger partial charge in [0.25, 0.3) is 0 Å². The second kappa shape index (κ2) is 11.8. The zero-order valence-electron chi connectivity index (χ0n) is 20.2. The number of likely N-dealkylation sites (N-methyl/N-ethyl adjacent to an activating group) is 1. The molecule has 1 atom stereocenters. The highest BCUT2D eigenvalue weighted by molar-refractivity contribution is 7.09. The minimum atomic E-state index is 0.160. The van der Waals surface area contributed by atoms with Crippen molar-refractivity contribution >= 4 is 23.2 Å². The average molecular weight is 486 g/mol. The van der Waals surface area contributed by atoms with Gasteiger partial charge in [0.05, 0.1) is 17.1 Å². The molecule has 1 aromatic heterocycles. The third-order valence-electron chi connectivity index (χ3n) is 6.37. The summed E-state index contributed by atoms with van der Waals surface area (Å²) in [6.07, 6.45) is 1.95. The Balaban J connectivity index is 1.14. The first-order valence-electron chi connectivity index (χ1n) is 12.1. The number of rotatable bonds is 10. The van der Waals surface area contributed by atoms with Gasteiger partial charge in [0.1, 0.15) is 12.4 Å². The van der Waals surface area contributed by atoms with Crippen molar-refractivity contribution in [3.05, 3.63) is 45.9 Å². The molecule has 34 heavy (non-hydrogen) atoms. The monoisotopic (exact) mass is 485 g/mol. The third-order valence-corrected chi connectivity index (χ3v) is 7.19. The number of hydrogen-bond donors (Lipinski definition) is 1. The molecule has 8 nitrogen and oxygen atoms in total. The van der Waals surface area contributed by atoms with Crippen LogP contribution in [0.25, 0.3) is 0 Å². The molecule has 184 valence electrons. The van der Waals surface area contributed by atoms with Crippen LogP contribution in [-0.4, -0.2) is 90.5 Å². The number of hydrogen-bond acceptors (Lipinski definition) is 7. The summed E-state index contributed by atoms with van der Waals surface area (Å²) in [4.78, 5) is 34.9. The van der Waals surface area contributed by atoms with Crippen LogP contribution >= 0.6 is 11.3 Å². The van der Waals surface area contributed by atoms with E-state index in [1.165, 1.54) is 5.56 Å². The molecule has 2 fully saturated rings. The number of aromatic nitrogens is 1. The van der Waals surface area contributed by atoms with E-state index in [0.717, 1.165) is 68.7 Å². The molecule has 1 N–H and O–H groups in total. The molecule has 2 saturated heterocycles. The maximum absolute atomic E-state index is 12.5. The number of carbonyl (C=O) groups is 2. The molecule has 0 spiro atoms. The van der Waals surface area contributed by atoms with Gasteiger partial charge in [0.2, 0.25) is 11.8 Å². The van der Waals surface area contributed by atoms with Crippen LogP contribution in [-0.2, 0) is 22.6 Å². The fourth-order valence-corrected chi connectivity index (χ4v) is 5.18. The Labute approximate surface area is 205 Å². The van der Waals surface area contributed by atoms with Crippen molar-refractivity contribution in [2.45, 2.75) is 38.8 Å². The van der Waals surface area contributed by atoms with E-state index in [2.05, 4.69) is 39.3 Å². The van der Waals surface area contributed by atoms with Crippen LogP contribution in [0.4, 0.5) is 0 Å². The maximum Gasteiger partial charge on any atom is 0.228 e. The molecule has 3 heterocycles. The number of nitrogens with one attached hydrogen (secondary N) is 1. The highest BCUT2D eigenvalue weighted by Gasteiger charge is 2.23. The number of thiazole rings is 1. The number of benzene rings is 1. The van der Waals surface area contributed by atoms with Crippen LogP contribution < -0.4 is 10.1 Å². The first-order chi connectivity index (χ1) is 16.4. The van der Waals surface area contributed by atoms with E-state index >= 15 is 0 Å². The third kappa shape index (κ3) is 7.25. The summed E-state index contributed by atoms with van der Waals surface area (Å²) in [6, 6.07) is 8.49. The Morgan fingerprint density at radius 3 is 2.82 bits per heavy atom. The number of aryl methyl sites for hydroxylation is 1. The summed E-state index contributed by atoms with van der Waals surface area (Å²) < 4.78 is 6.03. The molecular formula is C25H35N5O3S. The highest BCUT2D eigenvalue weighted by Crippen LogP contribution is 2.16. The summed E-state index contributed by atoms with van der Waals surface area (Å²) in [5.41, 5.74) is 2.08. The maximum atomic E-state index is 12.5. The highest BCUT2D eigenvalue weighted by atomic mass is 32.1. The Kier molecular flexibility index (Phi) is 8.53. The topological polar surface area (TPSA) is 78.0 Å². The lowest BCUT2D eigenvalue weighted by Gasteiger charge is -2.34. The van der Waals surface area contributed by atoms with E-state index in [1.54, 1.807) is 11.3 Å². The van der Waals surface area contributed by atoms with Gasteiger partial charge in [-0.05, 0) is 38.1 Å². The summed E-state index contributed by atoms with van der Waals surface area (Å²) in [5.74, 6) is 1.21. The van der Waals surface area contributed by atoms with Gasteiger partial charge < -0.3 is 19.9 Å². The molecule has 2 aliphatic rings.